The number of hydrogen-bond acceptors (Lipinski definition) is 4. The average Bonchev–Trinajstić information content (AvgIpc) is 2.52. The third-order valence-corrected chi connectivity index (χ3v) is 2.94. The van der Waals surface area contributed by atoms with Crippen molar-refractivity contribution in [3.8, 4) is 11.5 Å². The molecule has 0 fully saturated rings. The Labute approximate surface area is 128 Å². The van der Waals surface area contributed by atoms with Gasteiger partial charge in [0, 0.05) is 16.8 Å². The second-order valence-corrected chi connectivity index (χ2v) is 4.86. The van der Waals surface area contributed by atoms with Gasteiger partial charge in [0.15, 0.2) is 6.61 Å². The van der Waals surface area contributed by atoms with Crippen LogP contribution in [0.15, 0.2) is 42.7 Å². The van der Waals surface area contributed by atoms with Crippen LogP contribution in [0.3, 0.4) is 0 Å². The summed E-state index contributed by atoms with van der Waals surface area (Å²) in [6.45, 7) is 2.56. The van der Waals surface area contributed by atoms with E-state index in [2.05, 4.69) is 4.98 Å². The van der Waals surface area contributed by atoms with Crippen LogP contribution in [0.2, 0.25) is 5.02 Å². The Morgan fingerprint density at radius 3 is 2.62 bits per heavy atom. The SMILES string of the molecule is CCCOc1cncc(C(=O)COc2ccc(Cl)cc2)c1. The van der Waals surface area contributed by atoms with Crippen molar-refractivity contribution in [1.29, 1.82) is 0 Å². The predicted octanol–water partition coefficient (Wildman–Crippen LogP) is 3.79. The van der Waals surface area contributed by atoms with Crippen LogP contribution in [0.5, 0.6) is 11.5 Å². The number of benzene rings is 1. The molecule has 21 heavy (non-hydrogen) atoms. The van der Waals surface area contributed by atoms with Gasteiger partial charge in [-0.25, -0.2) is 0 Å². The minimum Gasteiger partial charge on any atom is -0.492 e. The van der Waals surface area contributed by atoms with Crippen LogP contribution in [0, 0.1) is 0 Å². The van der Waals surface area contributed by atoms with E-state index < -0.39 is 0 Å². The number of ether oxygens (including phenoxy) is 2. The average molecular weight is 306 g/mol. The maximum absolute atomic E-state index is 12.1. The summed E-state index contributed by atoms with van der Waals surface area (Å²) in [6.07, 6.45) is 4.00. The van der Waals surface area contributed by atoms with E-state index in [-0.39, 0.29) is 12.4 Å². The highest BCUT2D eigenvalue weighted by Gasteiger charge is 2.09. The first kappa shape index (κ1) is 15.3. The zero-order valence-electron chi connectivity index (χ0n) is 11.7. The fourth-order valence-electron chi connectivity index (χ4n) is 1.63. The maximum Gasteiger partial charge on any atom is 0.201 e. The van der Waals surface area contributed by atoms with Gasteiger partial charge in [-0.15, -0.1) is 0 Å². The molecule has 0 saturated carbocycles. The van der Waals surface area contributed by atoms with E-state index in [1.807, 2.05) is 6.92 Å². The third kappa shape index (κ3) is 4.76. The molecule has 1 aromatic carbocycles. The summed E-state index contributed by atoms with van der Waals surface area (Å²) in [5.41, 5.74) is 0.470. The Balaban J connectivity index is 1.95. The first-order valence-electron chi connectivity index (χ1n) is 6.68. The molecule has 0 N–H and O–H groups in total. The van der Waals surface area contributed by atoms with Gasteiger partial charge in [0.1, 0.15) is 11.5 Å². The number of pyridine rings is 1. The van der Waals surface area contributed by atoms with E-state index in [0.717, 1.165) is 6.42 Å². The summed E-state index contributed by atoms with van der Waals surface area (Å²) < 4.78 is 10.9. The normalized spacial score (nSPS) is 10.2. The van der Waals surface area contributed by atoms with Crippen molar-refractivity contribution in [1.82, 2.24) is 4.98 Å². The molecule has 1 aromatic heterocycles. The van der Waals surface area contributed by atoms with Crippen LogP contribution in [0.25, 0.3) is 0 Å². The van der Waals surface area contributed by atoms with Gasteiger partial charge in [0.2, 0.25) is 5.78 Å². The van der Waals surface area contributed by atoms with Crippen LogP contribution >= 0.6 is 11.6 Å². The number of halogens is 1. The Hall–Kier alpha value is -2.07. The molecular weight excluding hydrogens is 290 g/mol. The fourth-order valence-corrected chi connectivity index (χ4v) is 1.76. The topological polar surface area (TPSA) is 48.4 Å². The van der Waals surface area contributed by atoms with Gasteiger partial charge in [-0.05, 0) is 36.8 Å². The van der Waals surface area contributed by atoms with E-state index in [1.54, 1.807) is 36.5 Å². The highest BCUT2D eigenvalue weighted by atomic mass is 35.5. The van der Waals surface area contributed by atoms with Crippen molar-refractivity contribution in [2.45, 2.75) is 13.3 Å². The van der Waals surface area contributed by atoms with Gasteiger partial charge >= 0.3 is 0 Å². The van der Waals surface area contributed by atoms with Crippen LogP contribution < -0.4 is 9.47 Å². The number of aromatic nitrogens is 1. The summed E-state index contributed by atoms with van der Waals surface area (Å²) in [5.74, 6) is 1.03. The molecule has 0 aliphatic heterocycles. The molecular formula is C16H16ClNO3. The Bertz CT molecular complexity index is 599. The molecule has 4 nitrogen and oxygen atoms in total. The highest BCUT2D eigenvalue weighted by Crippen LogP contribution is 2.16. The minimum absolute atomic E-state index is 0.0550. The molecule has 0 aliphatic rings. The van der Waals surface area contributed by atoms with E-state index >= 15 is 0 Å². The van der Waals surface area contributed by atoms with Crippen molar-refractivity contribution >= 4 is 17.4 Å². The van der Waals surface area contributed by atoms with E-state index in [4.69, 9.17) is 21.1 Å². The molecule has 0 saturated heterocycles. The number of Topliss-reactive ketones (excluding diaryl/α,β-unsaturated/α-hetero) is 1. The zero-order chi connectivity index (χ0) is 15.1. The highest BCUT2D eigenvalue weighted by molar-refractivity contribution is 6.30. The quantitative estimate of drug-likeness (QED) is 0.730. The number of carbonyl (C=O) groups excluding carboxylic acids is 1. The standard InChI is InChI=1S/C16H16ClNO3/c1-2-7-20-15-8-12(9-18-10-15)16(19)11-21-14-5-3-13(17)4-6-14/h3-6,8-10H,2,7,11H2,1H3. The molecule has 0 bridgehead atoms. The summed E-state index contributed by atoms with van der Waals surface area (Å²) >= 11 is 5.78. The predicted molar refractivity (Wildman–Crippen MR) is 81.3 cm³/mol. The van der Waals surface area contributed by atoms with Crippen molar-refractivity contribution in [3.63, 3.8) is 0 Å². The minimum atomic E-state index is -0.153. The van der Waals surface area contributed by atoms with Crippen molar-refractivity contribution < 1.29 is 14.3 Å². The van der Waals surface area contributed by atoms with Gasteiger partial charge in [-0.3, -0.25) is 9.78 Å². The third-order valence-electron chi connectivity index (χ3n) is 2.69. The Morgan fingerprint density at radius 1 is 1.14 bits per heavy atom. The first-order chi connectivity index (χ1) is 10.2. The van der Waals surface area contributed by atoms with E-state index in [9.17, 15) is 4.79 Å². The summed E-state index contributed by atoms with van der Waals surface area (Å²) in [6, 6.07) is 8.53. The summed E-state index contributed by atoms with van der Waals surface area (Å²) in [7, 11) is 0. The second-order valence-electron chi connectivity index (χ2n) is 4.42. The molecule has 0 radical (unpaired) electrons. The lowest BCUT2D eigenvalue weighted by molar-refractivity contribution is 0.0920. The Morgan fingerprint density at radius 2 is 1.90 bits per heavy atom. The monoisotopic (exact) mass is 305 g/mol. The molecule has 1 heterocycles. The number of carbonyl (C=O) groups is 1. The lowest BCUT2D eigenvalue weighted by Gasteiger charge is -2.07. The number of rotatable bonds is 7. The second kappa shape index (κ2) is 7.64. The van der Waals surface area contributed by atoms with Crippen molar-refractivity contribution in [3.05, 3.63) is 53.3 Å². The molecule has 2 rings (SSSR count). The van der Waals surface area contributed by atoms with Crippen molar-refractivity contribution in [2.24, 2.45) is 0 Å². The summed E-state index contributed by atoms with van der Waals surface area (Å²) in [4.78, 5) is 16.1. The molecule has 110 valence electrons. The number of nitrogens with zero attached hydrogens (tertiary/aromatic N) is 1. The number of ketones is 1. The van der Waals surface area contributed by atoms with Gasteiger partial charge in [-0.1, -0.05) is 18.5 Å². The van der Waals surface area contributed by atoms with Crippen LogP contribution in [0.1, 0.15) is 23.7 Å². The first-order valence-corrected chi connectivity index (χ1v) is 7.06. The molecule has 0 aliphatic carbocycles. The van der Waals surface area contributed by atoms with Crippen LogP contribution in [-0.4, -0.2) is 24.0 Å². The molecule has 2 aromatic rings. The Kier molecular flexibility index (Phi) is 5.58. The molecule has 0 spiro atoms. The molecule has 0 amide bonds. The summed E-state index contributed by atoms with van der Waals surface area (Å²) in [5, 5.41) is 0.624. The van der Waals surface area contributed by atoms with Crippen molar-refractivity contribution in [2.75, 3.05) is 13.2 Å². The maximum atomic E-state index is 12.1. The lowest BCUT2D eigenvalue weighted by Crippen LogP contribution is -2.12. The fraction of sp³-hybridized carbons (Fsp3) is 0.250. The molecule has 0 atom stereocenters. The lowest BCUT2D eigenvalue weighted by atomic mass is 10.2. The van der Waals surface area contributed by atoms with Gasteiger partial charge < -0.3 is 9.47 Å². The zero-order valence-corrected chi connectivity index (χ0v) is 12.5. The molecule has 5 heteroatoms. The number of hydrogen-bond donors (Lipinski definition) is 0. The van der Waals surface area contributed by atoms with E-state index in [0.29, 0.717) is 28.7 Å². The largest absolute Gasteiger partial charge is 0.492 e. The van der Waals surface area contributed by atoms with Gasteiger partial charge in [-0.2, -0.15) is 0 Å². The van der Waals surface area contributed by atoms with Crippen LogP contribution in [0.4, 0.5) is 0 Å². The smallest absolute Gasteiger partial charge is 0.201 e. The van der Waals surface area contributed by atoms with Gasteiger partial charge in [0.25, 0.3) is 0 Å². The van der Waals surface area contributed by atoms with Crippen LogP contribution in [-0.2, 0) is 0 Å². The molecule has 0 unspecified atom stereocenters. The van der Waals surface area contributed by atoms with Gasteiger partial charge in [0.05, 0.1) is 12.8 Å². The van der Waals surface area contributed by atoms with E-state index in [1.165, 1.54) is 6.20 Å².